The number of rotatable bonds is 13. The zero-order valence-corrected chi connectivity index (χ0v) is 29.0. The molecule has 5 aromatic rings. The summed E-state index contributed by atoms with van der Waals surface area (Å²) >= 11 is 1.35. The Hall–Kier alpha value is -6.33. The van der Waals surface area contributed by atoms with Crippen molar-refractivity contribution in [2.45, 2.75) is 17.1 Å². The minimum Gasteiger partial charge on any atom is -0.497 e. The molecule has 0 bridgehead atoms. The van der Waals surface area contributed by atoms with Crippen molar-refractivity contribution in [2.24, 2.45) is 0 Å². The van der Waals surface area contributed by atoms with Crippen LogP contribution in [-0.4, -0.2) is 37.8 Å². The third-order valence-corrected chi connectivity index (χ3v) is 8.71. The number of hydrogen-bond donors (Lipinski definition) is 4. The normalized spacial score (nSPS) is 11.5. The lowest BCUT2D eigenvalue weighted by Gasteiger charge is -2.18. The molecule has 0 aliphatic heterocycles. The predicted octanol–water partition coefficient (Wildman–Crippen LogP) is 7.54. The first-order chi connectivity index (χ1) is 24.7. The summed E-state index contributed by atoms with van der Waals surface area (Å²) in [5.74, 6) is -0.400. The van der Waals surface area contributed by atoms with Gasteiger partial charge in [0.1, 0.15) is 22.4 Å². The third-order valence-electron chi connectivity index (χ3n) is 7.44. The van der Waals surface area contributed by atoms with Gasteiger partial charge in [-0.15, -0.1) is 11.8 Å². The number of benzene rings is 5. The predicted molar refractivity (Wildman–Crippen MR) is 201 cm³/mol. The Bertz CT molecular complexity index is 2020. The molecular weight excluding hydrogens is 665 g/mol. The average Bonchev–Trinajstić information content (AvgIpc) is 3.15. The highest BCUT2D eigenvalue weighted by atomic mass is 32.2. The summed E-state index contributed by atoms with van der Waals surface area (Å²) in [7, 11) is 3.05. The molecule has 0 fully saturated rings. The monoisotopic (exact) mass is 700 g/mol. The Balaban J connectivity index is 1.34. The second-order valence-corrected chi connectivity index (χ2v) is 12.3. The molecule has 0 saturated heterocycles. The van der Waals surface area contributed by atoms with Gasteiger partial charge in [0.15, 0.2) is 0 Å². The molecule has 4 N–H and O–H groups in total. The lowest BCUT2D eigenvalue weighted by Crippen LogP contribution is -2.30. The van der Waals surface area contributed by atoms with E-state index in [1.54, 1.807) is 84.9 Å². The maximum Gasteiger partial charge on any atom is 0.272 e. The number of nitrogens with one attached hydrogen (secondary N) is 4. The van der Waals surface area contributed by atoms with Crippen molar-refractivity contribution in [1.29, 1.82) is 0 Å². The fourth-order valence-corrected chi connectivity index (χ4v) is 5.97. The quantitative estimate of drug-likeness (QED) is 0.0736. The number of anilines is 3. The van der Waals surface area contributed by atoms with Crippen molar-refractivity contribution in [3.05, 3.63) is 150 Å². The van der Waals surface area contributed by atoms with E-state index in [0.717, 1.165) is 10.5 Å². The van der Waals surface area contributed by atoms with Crippen LogP contribution in [0.3, 0.4) is 0 Å². The smallest absolute Gasteiger partial charge is 0.272 e. The van der Waals surface area contributed by atoms with Crippen LogP contribution in [0.2, 0.25) is 0 Å². The summed E-state index contributed by atoms with van der Waals surface area (Å²) in [6, 6.07) is 37.1. The zero-order chi connectivity index (χ0) is 36.2. The van der Waals surface area contributed by atoms with E-state index in [1.165, 1.54) is 39.0 Å². The van der Waals surface area contributed by atoms with E-state index in [-0.39, 0.29) is 17.5 Å². The lowest BCUT2D eigenvalue weighted by molar-refractivity contribution is -0.116. The number of carbonyl (C=O) groups is 4. The van der Waals surface area contributed by atoms with Crippen LogP contribution in [0.1, 0.15) is 33.7 Å². The first kappa shape index (κ1) is 36.0. The molecule has 258 valence electrons. The topological polar surface area (TPSA) is 135 Å². The molecule has 51 heavy (non-hydrogen) atoms. The molecule has 10 nitrogen and oxygen atoms in total. The van der Waals surface area contributed by atoms with Crippen molar-refractivity contribution >= 4 is 58.5 Å². The average molecular weight is 701 g/mol. The molecule has 11 heteroatoms. The van der Waals surface area contributed by atoms with Gasteiger partial charge in [-0.2, -0.15) is 0 Å². The van der Waals surface area contributed by atoms with Gasteiger partial charge in [0.2, 0.25) is 11.8 Å². The standard InChI is InChI=1S/C40H36N4O6S/c1-26(45)41-30-14-16-31(17-15-30)43-40(48)37(27-10-6-4-7-11-27)51-34-21-18-32(19-22-34)42-39(47)35(44-38(46)28-12-8-5-9-13-28)25-29-24-33(49-2)20-23-36(29)50-3/h4-25,37H,1-3H3,(H,41,45)(H,42,47)(H,43,48)(H,44,46)/b35-25-. The maximum absolute atomic E-state index is 13.7. The van der Waals surface area contributed by atoms with E-state index in [0.29, 0.717) is 39.7 Å². The SMILES string of the molecule is COc1ccc(OC)c(/C=C(\NC(=O)c2ccccc2)C(=O)Nc2ccc(SC(C(=O)Nc3ccc(NC(C)=O)cc3)c3ccccc3)cc2)c1. The van der Waals surface area contributed by atoms with E-state index in [9.17, 15) is 19.2 Å². The number of thioether (sulfide) groups is 1. The van der Waals surface area contributed by atoms with Crippen LogP contribution >= 0.6 is 11.8 Å². The molecule has 0 saturated carbocycles. The van der Waals surface area contributed by atoms with Gasteiger partial charge >= 0.3 is 0 Å². The Morgan fingerprint density at radius 3 is 1.86 bits per heavy atom. The first-order valence-electron chi connectivity index (χ1n) is 15.8. The molecule has 5 aromatic carbocycles. The van der Waals surface area contributed by atoms with E-state index >= 15 is 0 Å². The largest absolute Gasteiger partial charge is 0.497 e. The van der Waals surface area contributed by atoms with E-state index < -0.39 is 17.1 Å². The fraction of sp³-hybridized carbons (Fsp3) is 0.100. The summed E-state index contributed by atoms with van der Waals surface area (Å²) < 4.78 is 10.8. The van der Waals surface area contributed by atoms with Crippen LogP contribution in [0.15, 0.2) is 138 Å². The molecule has 0 aromatic heterocycles. The summed E-state index contributed by atoms with van der Waals surface area (Å²) in [6.45, 7) is 1.43. The highest BCUT2D eigenvalue weighted by Crippen LogP contribution is 2.37. The van der Waals surface area contributed by atoms with Crippen molar-refractivity contribution in [1.82, 2.24) is 5.32 Å². The van der Waals surface area contributed by atoms with Crippen LogP contribution < -0.4 is 30.7 Å². The number of methoxy groups -OCH3 is 2. The van der Waals surface area contributed by atoms with Gasteiger partial charge in [-0.3, -0.25) is 19.2 Å². The summed E-state index contributed by atoms with van der Waals surface area (Å²) in [5, 5.41) is 10.7. The highest BCUT2D eigenvalue weighted by molar-refractivity contribution is 8.00. The van der Waals surface area contributed by atoms with Crippen LogP contribution in [0.5, 0.6) is 11.5 Å². The van der Waals surface area contributed by atoms with Gasteiger partial charge in [-0.1, -0.05) is 48.5 Å². The summed E-state index contributed by atoms with van der Waals surface area (Å²) in [5.41, 5.74) is 3.39. The Morgan fingerprint density at radius 2 is 1.25 bits per heavy atom. The number of carbonyl (C=O) groups excluding carboxylic acids is 4. The van der Waals surface area contributed by atoms with E-state index in [2.05, 4.69) is 21.3 Å². The third kappa shape index (κ3) is 10.1. The van der Waals surface area contributed by atoms with Crippen molar-refractivity contribution in [3.63, 3.8) is 0 Å². The molecule has 1 atom stereocenters. The number of amides is 4. The minimum absolute atomic E-state index is 0.0141. The molecule has 0 spiro atoms. The highest BCUT2D eigenvalue weighted by Gasteiger charge is 2.23. The molecule has 4 amide bonds. The summed E-state index contributed by atoms with van der Waals surface area (Å²) in [6.07, 6.45) is 1.53. The first-order valence-corrected chi connectivity index (χ1v) is 16.7. The lowest BCUT2D eigenvalue weighted by atomic mass is 10.1. The van der Waals surface area contributed by atoms with Crippen LogP contribution in [0.4, 0.5) is 17.1 Å². The molecule has 5 rings (SSSR count). The molecule has 1 unspecified atom stereocenters. The van der Waals surface area contributed by atoms with Gasteiger partial charge in [0.25, 0.3) is 11.8 Å². The number of hydrogen-bond acceptors (Lipinski definition) is 7. The second kappa shape index (κ2) is 17.4. The molecule has 0 aliphatic rings. The molecule has 0 radical (unpaired) electrons. The maximum atomic E-state index is 13.7. The van der Waals surface area contributed by atoms with Crippen molar-refractivity contribution < 1.29 is 28.7 Å². The van der Waals surface area contributed by atoms with Gasteiger partial charge < -0.3 is 30.7 Å². The van der Waals surface area contributed by atoms with Crippen molar-refractivity contribution in [3.8, 4) is 11.5 Å². The van der Waals surface area contributed by atoms with Crippen LogP contribution in [0.25, 0.3) is 6.08 Å². The molecule has 0 aliphatic carbocycles. The number of ether oxygens (including phenoxy) is 2. The summed E-state index contributed by atoms with van der Waals surface area (Å²) in [4.78, 5) is 52.5. The minimum atomic E-state index is -0.595. The Labute approximate surface area is 300 Å². The van der Waals surface area contributed by atoms with Crippen LogP contribution in [-0.2, 0) is 14.4 Å². The van der Waals surface area contributed by atoms with Crippen molar-refractivity contribution in [2.75, 3.05) is 30.2 Å². The Morgan fingerprint density at radius 1 is 0.667 bits per heavy atom. The van der Waals surface area contributed by atoms with Gasteiger partial charge in [-0.25, -0.2) is 0 Å². The zero-order valence-electron chi connectivity index (χ0n) is 28.1. The van der Waals surface area contributed by atoms with Gasteiger partial charge in [0, 0.05) is 40.0 Å². The van der Waals surface area contributed by atoms with Crippen LogP contribution in [0, 0.1) is 0 Å². The van der Waals surface area contributed by atoms with Gasteiger partial charge in [-0.05, 0) is 90.5 Å². The Kier molecular flexibility index (Phi) is 12.2. The fourth-order valence-electron chi connectivity index (χ4n) is 4.95. The van der Waals surface area contributed by atoms with E-state index in [4.69, 9.17) is 9.47 Å². The second-order valence-electron chi connectivity index (χ2n) is 11.1. The molecule has 0 heterocycles. The van der Waals surface area contributed by atoms with E-state index in [1.807, 2.05) is 42.5 Å². The van der Waals surface area contributed by atoms with Gasteiger partial charge in [0.05, 0.1) is 14.2 Å². The molecular formula is C40H36N4O6S.